The Morgan fingerprint density at radius 1 is 1.24 bits per heavy atom. The molecule has 2 aromatic carbocycles. The number of rotatable bonds is 6. The first-order chi connectivity index (χ1) is 15.7. The molecule has 0 spiro atoms. The van der Waals surface area contributed by atoms with Gasteiger partial charge in [-0.05, 0) is 35.9 Å². The zero-order chi connectivity index (χ0) is 24.1. The fraction of sp³-hybridized carbons (Fsp3) is 0.182. The van der Waals surface area contributed by atoms with E-state index < -0.39 is 23.7 Å². The highest BCUT2D eigenvalue weighted by Gasteiger charge is 2.44. The number of nitrogens with one attached hydrogen (secondary N) is 2. The summed E-state index contributed by atoms with van der Waals surface area (Å²) in [7, 11) is 1.18. The number of hydrogen-bond donors (Lipinski definition) is 2. The van der Waals surface area contributed by atoms with Crippen LogP contribution in [0.5, 0.6) is 0 Å². The van der Waals surface area contributed by atoms with Crippen LogP contribution in [0.2, 0.25) is 10.0 Å². The lowest BCUT2D eigenvalue weighted by atomic mass is 9.78. The van der Waals surface area contributed by atoms with Crippen LogP contribution in [0, 0.1) is 17.2 Å². The van der Waals surface area contributed by atoms with Gasteiger partial charge in [-0.15, -0.1) is 0 Å². The summed E-state index contributed by atoms with van der Waals surface area (Å²) in [5.41, 5.74) is 1.20. The van der Waals surface area contributed by atoms with Crippen LogP contribution in [0.25, 0.3) is 0 Å². The summed E-state index contributed by atoms with van der Waals surface area (Å²) in [6.07, 6.45) is 0. The number of esters is 1. The minimum absolute atomic E-state index is 0.102. The van der Waals surface area contributed by atoms with Crippen molar-refractivity contribution in [3.8, 4) is 6.07 Å². The molecule has 11 heteroatoms. The molecule has 2 atom stereocenters. The summed E-state index contributed by atoms with van der Waals surface area (Å²) < 4.78 is 5.54. The second-order valence-electron chi connectivity index (χ2n) is 6.84. The molecule has 2 N–H and O–H groups in total. The van der Waals surface area contributed by atoms with Crippen LogP contribution < -0.4 is 10.6 Å². The van der Waals surface area contributed by atoms with Gasteiger partial charge in [0.25, 0.3) is 0 Å². The number of benzene rings is 2. The van der Waals surface area contributed by atoms with Gasteiger partial charge in [0.2, 0.25) is 11.8 Å². The van der Waals surface area contributed by atoms with Crippen molar-refractivity contribution in [3.05, 3.63) is 73.1 Å². The van der Waals surface area contributed by atoms with Crippen LogP contribution in [0.1, 0.15) is 11.5 Å². The maximum Gasteiger partial charge on any atom is 0.319 e. The molecule has 0 fully saturated rings. The van der Waals surface area contributed by atoms with Gasteiger partial charge < -0.3 is 15.4 Å². The third-order valence-electron chi connectivity index (χ3n) is 4.74. The van der Waals surface area contributed by atoms with Gasteiger partial charge in [0.15, 0.2) is 0 Å². The maximum atomic E-state index is 12.8. The number of ether oxygens (including phenoxy) is 1. The minimum atomic E-state index is -1.24. The van der Waals surface area contributed by atoms with Crippen LogP contribution in [0.3, 0.4) is 0 Å². The number of carbonyl (C=O) groups excluding carboxylic acids is 3. The highest BCUT2D eigenvalue weighted by Crippen LogP contribution is 2.40. The van der Waals surface area contributed by atoms with E-state index in [0.717, 1.165) is 16.2 Å². The molecule has 2 aromatic rings. The number of amides is 2. The average Bonchev–Trinajstić information content (AvgIpc) is 2.79. The van der Waals surface area contributed by atoms with Gasteiger partial charge in [-0.25, -0.2) is 0 Å². The maximum absolute atomic E-state index is 12.8. The van der Waals surface area contributed by atoms with E-state index in [1.54, 1.807) is 36.4 Å². The molecule has 0 saturated heterocycles. The zero-order valence-electron chi connectivity index (χ0n) is 17.0. The van der Waals surface area contributed by atoms with E-state index >= 15 is 0 Å². The number of carbonyl (C=O) groups is 3. The van der Waals surface area contributed by atoms with E-state index in [2.05, 4.69) is 32.6 Å². The first-order valence-electron chi connectivity index (χ1n) is 9.41. The summed E-state index contributed by atoms with van der Waals surface area (Å²) in [5.74, 6) is -3.96. The third kappa shape index (κ3) is 5.89. The number of nitriles is 1. The smallest absolute Gasteiger partial charge is 0.319 e. The van der Waals surface area contributed by atoms with Gasteiger partial charge in [-0.3, -0.25) is 14.4 Å². The molecule has 3 rings (SSSR count). The summed E-state index contributed by atoms with van der Waals surface area (Å²) >= 11 is 16.2. The highest BCUT2D eigenvalue weighted by molar-refractivity contribution is 9.10. The summed E-state index contributed by atoms with van der Waals surface area (Å²) in [6, 6.07) is 13.8. The molecule has 1 aliphatic rings. The van der Waals surface area contributed by atoms with Crippen molar-refractivity contribution in [1.82, 2.24) is 5.32 Å². The fourth-order valence-corrected chi connectivity index (χ4v) is 4.85. The molecule has 0 bridgehead atoms. The molecule has 170 valence electrons. The van der Waals surface area contributed by atoms with Crippen molar-refractivity contribution < 1.29 is 19.1 Å². The van der Waals surface area contributed by atoms with Crippen LogP contribution in [-0.4, -0.2) is 30.6 Å². The van der Waals surface area contributed by atoms with Crippen LogP contribution >= 0.6 is 50.9 Å². The first kappa shape index (κ1) is 25.1. The molecule has 33 heavy (non-hydrogen) atoms. The Balaban J connectivity index is 1.88. The molecule has 1 aliphatic heterocycles. The lowest BCUT2D eigenvalue weighted by Gasteiger charge is -2.31. The Bertz CT molecular complexity index is 1200. The normalized spacial score (nSPS) is 17.7. The summed E-state index contributed by atoms with van der Waals surface area (Å²) in [6.45, 7) is 0. The minimum Gasteiger partial charge on any atom is -0.468 e. The molecule has 2 amide bonds. The van der Waals surface area contributed by atoms with Crippen LogP contribution in [0.4, 0.5) is 5.69 Å². The number of halogens is 3. The van der Waals surface area contributed by atoms with Gasteiger partial charge in [0.1, 0.15) is 5.92 Å². The Labute approximate surface area is 212 Å². The van der Waals surface area contributed by atoms with Crippen molar-refractivity contribution in [1.29, 1.82) is 5.26 Å². The lowest BCUT2D eigenvalue weighted by molar-refractivity contribution is -0.150. The lowest BCUT2D eigenvalue weighted by Crippen LogP contribution is -2.44. The Hall–Kier alpha value is -2.51. The van der Waals surface area contributed by atoms with Gasteiger partial charge in [0, 0.05) is 16.1 Å². The molecule has 0 unspecified atom stereocenters. The van der Waals surface area contributed by atoms with Crippen LogP contribution in [0.15, 0.2) is 57.5 Å². The fourth-order valence-electron chi connectivity index (χ4n) is 3.29. The number of allylic oxidation sites excluding steroid dienone is 1. The summed E-state index contributed by atoms with van der Waals surface area (Å²) in [4.78, 5) is 37.7. The quantitative estimate of drug-likeness (QED) is 0.380. The zero-order valence-corrected chi connectivity index (χ0v) is 20.9. The average molecular weight is 569 g/mol. The number of thioether (sulfide) groups is 1. The molecule has 7 nitrogen and oxygen atoms in total. The van der Waals surface area contributed by atoms with Gasteiger partial charge in [0.05, 0.1) is 39.6 Å². The van der Waals surface area contributed by atoms with Crippen molar-refractivity contribution in [3.63, 3.8) is 0 Å². The van der Waals surface area contributed by atoms with Gasteiger partial charge in [-0.2, -0.15) is 5.26 Å². The highest BCUT2D eigenvalue weighted by atomic mass is 79.9. The van der Waals surface area contributed by atoms with Gasteiger partial charge >= 0.3 is 5.97 Å². The van der Waals surface area contributed by atoms with Crippen molar-refractivity contribution in [2.75, 3.05) is 18.2 Å². The predicted octanol–water partition coefficient (Wildman–Crippen LogP) is 4.87. The third-order valence-corrected chi connectivity index (χ3v) is 6.99. The number of anilines is 1. The van der Waals surface area contributed by atoms with E-state index in [4.69, 9.17) is 27.9 Å². The molecule has 0 aliphatic carbocycles. The van der Waals surface area contributed by atoms with Crippen molar-refractivity contribution in [2.45, 2.75) is 5.92 Å². The van der Waals surface area contributed by atoms with E-state index in [9.17, 15) is 19.6 Å². The standard InChI is InChI=1S/C22H16BrCl2N3O4S/c1-32-22(31)19-18(11-3-2-4-12(23)7-11)14(9-26)21(28-20(19)30)33-10-17(29)27-13-5-6-15(24)16(25)8-13/h2-8,18-19H,10H2,1H3,(H,27,29)(H,28,30)/t18-,19+/m0/s1. The monoisotopic (exact) mass is 567 g/mol. The topological polar surface area (TPSA) is 108 Å². The Morgan fingerprint density at radius 2 is 2.00 bits per heavy atom. The van der Waals surface area contributed by atoms with Crippen molar-refractivity contribution >= 4 is 74.4 Å². The second-order valence-corrected chi connectivity index (χ2v) is 9.56. The molecule has 1 heterocycles. The second kappa shape index (κ2) is 11.1. The molecular formula is C22H16BrCl2N3O4S. The summed E-state index contributed by atoms with van der Waals surface area (Å²) in [5, 5.41) is 16.0. The number of methoxy groups -OCH3 is 1. The molecule has 0 saturated carbocycles. The van der Waals surface area contributed by atoms with Crippen molar-refractivity contribution in [2.24, 2.45) is 5.92 Å². The van der Waals surface area contributed by atoms with E-state index in [1.165, 1.54) is 13.2 Å². The van der Waals surface area contributed by atoms with E-state index in [1.807, 2.05) is 0 Å². The Kier molecular flexibility index (Phi) is 8.43. The van der Waals surface area contributed by atoms with E-state index in [-0.39, 0.29) is 22.3 Å². The largest absolute Gasteiger partial charge is 0.468 e. The van der Waals surface area contributed by atoms with Crippen LogP contribution in [-0.2, 0) is 19.1 Å². The van der Waals surface area contributed by atoms with Gasteiger partial charge in [-0.1, -0.05) is 63.0 Å². The van der Waals surface area contributed by atoms with E-state index in [0.29, 0.717) is 21.3 Å². The predicted molar refractivity (Wildman–Crippen MR) is 131 cm³/mol. The first-order valence-corrected chi connectivity index (χ1v) is 11.9. The molecule has 0 radical (unpaired) electrons. The number of nitrogens with zero attached hydrogens (tertiary/aromatic N) is 1. The number of hydrogen-bond acceptors (Lipinski definition) is 6. The SMILES string of the molecule is COC(=O)[C@H]1C(=O)NC(SCC(=O)Nc2ccc(Cl)c(Cl)c2)=C(C#N)[C@@H]1c1cccc(Br)c1. The molecular weight excluding hydrogens is 553 g/mol. The molecule has 0 aromatic heterocycles. The Morgan fingerprint density at radius 3 is 2.64 bits per heavy atom.